The molecule has 0 bridgehead atoms. The molecule has 0 aromatic heterocycles. The summed E-state index contributed by atoms with van der Waals surface area (Å²) in [5.41, 5.74) is 5.30. The highest BCUT2D eigenvalue weighted by molar-refractivity contribution is 7.99. The maximum atomic E-state index is 11.5. The average Bonchev–Trinajstić information content (AvgIpc) is 2.72. The first kappa shape index (κ1) is 15.0. The van der Waals surface area contributed by atoms with E-state index in [0.29, 0.717) is 11.1 Å². The molecule has 2 aliphatic carbocycles. The molecule has 6 atom stereocenters. The summed E-state index contributed by atoms with van der Waals surface area (Å²) in [5.74, 6) is 0.868. The van der Waals surface area contributed by atoms with Crippen LogP contribution in [0.2, 0.25) is 0 Å². The number of alkyl halides is 1. The lowest BCUT2D eigenvalue weighted by atomic mass is 9.66. The molecule has 3 nitrogen and oxygen atoms in total. The van der Waals surface area contributed by atoms with Crippen LogP contribution in [-0.2, 0) is 0 Å². The largest absolute Gasteiger partial charge is 0.385 e. The van der Waals surface area contributed by atoms with Crippen molar-refractivity contribution in [1.82, 2.24) is 0 Å². The van der Waals surface area contributed by atoms with E-state index in [4.69, 9.17) is 17.3 Å². The molecule has 5 heteroatoms. The summed E-state index contributed by atoms with van der Waals surface area (Å²) >= 11 is 8.24. The van der Waals surface area contributed by atoms with E-state index in [0.717, 1.165) is 25.7 Å². The van der Waals surface area contributed by atoms with Crippen LogP contribution in [0.4, 0.5) is 0 Å². The van der Waals surface area contributed by atoms with Gasteiger partial charge in [-0.3, -0.25) is 4.99 Å². The fraction of sp³-hybridized carbons (Fsp3) is 0.933. The standard InChI is InChI=1S/C15H25ClN2OS/c1-20-13-5-3-2-4-10(13)15(19)11-8-9(16)6-7-12(11)18-14(15)17/h9-13,19H,2-8H2,1H3,(H2,17,18). The normalized spacial score (nSPS) is 48.8. The average molecular weight is 317 g/mol. The number of amidine groups is 1. The maximum Gasteiger partial charge on any atom is 0.130 e. The van der Waals surface area contributed by atoms with Gasteiger partial charge in [0.1, 0.15) is 11.4 Å². The van der Waals surface area contributed by atoms with Crippen LogP contribution in [-0.4, -0.2) is 39.5 Å². The zero-order valence-electron chi connectivity index (χ0n) is 12.1. The summed E-state index contributed by atoms with van der Waals surface area (Å²) in [7, 11) is 0. The highest BCUT2D eigenvalue weighted by atomic mass is 35.5. The van der Waals surface area contributed by atoms with Gasteiger partial charge < -0.3 is 10.8 Å². The van der Waals surface area contributed by atoms with Crippen molar-refractivity contribution in [2.45, 2.75) is 67.2 Å². The van der Waals surface area contributed by atoms with Crippen LogP contribution in [0.15, 0.2) is 4.99 Å². The third kappa shape index (κ3) is 2.28. The molecule has 3 N–H and O–H groups in total. The van der Waals surface area contributed by atoms with Gasteiger partial charge in [-0.1, -0.05) is 12.8 Å². The molecule has 0 saturated heterocycles. The summed E-state index contributed by atoms with van der Waals surface area (Å²) < 4.78 is 0. The molecule has 114 valence electrons. The van der Waals surface area contributed by atoms with Gasteiger partial charge in [0.05, 0.1) is 6.04 Å². The van der Waals surface area contributed by atoms with Crippen LogP contribution < -0.4 is 5.73 Å². The van der Waals surface area contributed by atoms with Crippen LogP contribution in [0.1, 0.15) is 44.9 Å². The number of fused-ring (bicyclic) bond motifs is 1. The Kier molecular flexibility index (Phi) is 4.27. The summed E-state index contributed by atoms with van der Waals surface area (Å²) in [4.78, 5) is 4.62. The van der Waals surface area contributed by atoms with E-state index in [2.05, 4.69) is 11.2 Å². The Morgan fingerprint density at radius 2 is 2.00 bits per heavy atom. The SMILES string of the molecule is CSC1CCCCC1C1(O)C(N)=NC2CCC(Cl)CC21. The van der Waals surface area contributed by atoms with Crippen molar-refractivity contribution >= 4 is 29.2 Å². The lowest BCUT2D eigenvalue weighted by molar-refractivity contribution is -0.0263. The zero-order valence-corrected chi connectivity index (χ0v) is 13.7. The quantitative estimate of drug-likeness (QED) is 0.770. The van der Waals surface area contributed by atoms with E-state index in [1.165, 1.54) is 19.3 Å². The van der Waals surface area contributed by atoms with Gasteiger partial charge in [-0.25, -0.2) is 0 Å². The first-order valence-corrected chi connectivity index (χ1v) is 9.52. The van der Waals surface area contributed by atoms with Crippen LogP contribution in [0.3, 0.4) is 0 Å². The minimum Gasteiger partial charge on any atom is -0.385 e. The van der Waals surface area contributed by atoms with Crippen molar-refractivity contribution in [2.24, 2.45) is 22.6 Å². The molecule has 2 fully saturated rings. The predicted molar refractivity (Wildman–Crippen MR) is 86.6 cm³/mol. The highest BCUT2D eigenvalue weighted by Gasteiger charge is 2.57. The predicted octanol–water partition coefficient (Wildman–Crippen LogP) is 2.79. The van der Waals surface area contributed by atoms with Crippen molar-refractivity contribution in [3.63, 3.8) is 0 Å². The highest BCUT2D eigenvalue weighted by Crippen LogP contribution is 2.50. The number of thioether (sulfide) groups is 1. The van der Waals surface area contributed by atoms with E-state index in [1.807, 2.05) is 11.8 Å². The first-order chi connectivity index (χ1) is 9.57. The van der Waals surface area contributed by atoms with Crippen LogP contribution in [0, 0.1) is 11.8 Å². The molecule has 20 heavy (non-hydrogen) atoms. The molecule has 2 saturated carbocycles. The van der Waals surface area contributed by atoms with Gasteiger partial charge in [-0.2, -0.15) is 11.8 Å². The zero-order chi connectivity index (χ0) is 14.3. The number of aliphatic hydroxyl groups is 1. The van der Waals surface area contributed by atoms with E-state index in [1.54, 1.807) is 0 Å². The van der Waals surface area contributed by atoms with Crippen LogP contribution in [0.5, 0.6) is 0 Å². The van der Waals surface area contributed by atoms with Gasteiger partial charge >= 0.3 is 0 Å². The fourth-order valence-corrected chi connectivity index (χ4v) is 5.94. The Morgan fingerprint density at radius 3 is 2.75 bits per heavy atom. The van der Waals surface area contributed by atoms with E-state index in [9.17, 15) is 5.11 Å². The molecule has 0 amide bonds. The molecule has 3 aliphatic rings. The van der Waals surface area contributed by atoms with Gasteiger partial charge in [0, 0.05) is 22.5 Å². The third-order valence-corrected chi connectivity index (χ3v) is 7.17. The molecule has 6 unspecified atom stereocenters. The Balaban J connectivity index is 1.90. The molecule has 0 aromatic carbocycles. The van der Waals surface area contributed by atoms with E-state index < -0.39 is 5.60 Å². The lowest BCUT2D eigenvalue weighted by Crippen LogP contribution is -2.58. The molecule has 0 aromatic rings. The molecule has 0 radical (unpaired) electrons. The second kappa shape index (κ2) is 5.69. The molecule has 0 spiro atoms. The lowest BCUT2D eigenvalue weighted by Gasteiger charge is -2.46. The van der Waals surface area contributed by atoms with Gasteiger partial charge in [-0.15, -0.1) is 11.6 Å². The number of hydrogen-bond donors (Lipinski definition) is 2. The molecular formula is C15H25ClN2OS. The van der Waals surface area contributed by atoms with E-state index in [-0.39, 0.29) is 23.3 Å². The first-order valence-electron chi connectivity index (χ1n) is 7.80. The molecule has 1 heterocycles. The Labute approximate surface area is 130 Å². The second-order valence-corrected chi connectivity index (χ2v) is 8.28. The van der Waals surface area contributed by atoms with Crippen molar-refractivity contribution in [2.75, 3.05) is 6.26 Å². The summed E-state index contributed by atoms with van der Waals surface area (Å²) in [5, 5.41) is 12.1. The topological polar surface area (TPSA) is 58.6 Å². The smallest absolute Gasteiger partial charge is 0.130 e. The molecule has 3 rings (SSSR count). The fourth-order valence-electron chi connectivity index (χ4n) is 4.55. The van der Waals surface area contributed by atoms with Crippen LogP contribution >= 0.6 is 23.4 Å². The molecule has 1 aliphatic heterocycles. The number of aliphatic imine (C=N–C) groups is 1. The Bertz CT molecular complexity index is 405. The maximum absolute atomic E-state index is 11.5. The summed E-state index contributed by atoms with van der Waals surface area (Å²) in [6.45, 7) is 0. The molecular weight excluding hydrogens is 292 g/mol. The minimum absolute atomic E-state index is 0.136. The number of hydrogen-bond acceptors (Lipinski definition) is 4. The van der Waals surface area contributed by atoms with Crippen molar-refractivity contribution < 1.29 is 5.11 Å². The van der Waals surface area contributed by atoms with Gasteiger partial charge in [0.15, 0.2) is 0 Å². The van der Waals surface area contributed by atoms with Gasteiger partial charge in [-0.05, 0) is 38.4 Å². The Morgan fingerprint density at radius 1 is 1.25 bits per heavy atom. The number of rotatable bonds is 2. The number of halogens is 1. The second-order valence-electron chi connectivity index (χ2n) is 6.59. The van der Waals surface area contributed by atoms with Crippen molar-refractivity contribution in [3.8, 4) is 0 Å². The number of nitrogens with zero attached hydrogens (tertiary/aromatic N) is 1. The Hall–Kier alpha value is 0.0700. The minimum atomic E-state index is -0.910. The summed E-state index contributed by atoms with van der Waals surface area (Å²) in [6.07, 6.45) is 9.67. The monoisotopic (exact) mass is 316 g/mol. The summed E-state index contributed by atoms with van der Waals surface area (Å²) in [6, 6.07) is 0.194. The number of nitrogens with two attached hydrogens (primary N) is 1. The van der Waals surface area contributed by atoms with Gasteiger partial charge in [0.25, 0.3) is 0 Å². The third-order valence-electron chi connectivity index (χ3n) is 5.60. The van der Waals surface area contributed by atoms with Gasteiger partial charge in [0.2, 0.25) is 0 Å². The van der Waals surface area contributed by atoms with Crippen molar-refractivity contribution in [1.29, 1.82) is 0 Å². The van der Waals surface area contributed by atoms with Crippen molar-refractivity contribution in [3.05, 3.63) is 0 Å². The van der Waals surface area contributed by atoms with Crippen LogP contribution in [0.25, 0.3) is 0 Å². The van der Waals surface area contributed by atoms with E-state index >= 15 is 0 Å².